The van der Waals surface area contributed by atoms with E-state index >= 15 is 0 Å². The monoisotopic (exact) mass is 422 g/mol. The highest BCUT2D eigenvalue weighted by molar-refractivity contribution is 9.11. The first-order chi connectivity index (χ1) is 12.0. The number of rotatable bonds is 3. The number of cyclic esters (lactones) is 1. The fourth-order valence-electron chi connectivity index (χ4n) is 3.61. The van der Waals surface area contributed by atoms with Gasteiger partial charge in [0.2, 0.25) is 0 Å². The average molecular weight is 423 g/mol. The number of aromatic nitrogens is 1. The lowest BCUT2D eigenvalue weighted by Crippen LogP contribution is -2.56. The van der Waals surface area contributed by atoms with E-state index in [2.05, 4.69) is 38.1 Å². The maximum absolute atomic E-state index is 11.7. The third kappa shape index (κ3) is 3.37. The fourth-order valence-corrected chi connectivity index (χ4v) is 5.01. The molecule has 1 fully saturated rings. The predicted octanol–water partition coefficient (Wildman–Crippen LogP) is 2.32. The Morgan fingerprint density at radius 1 is 1.48 bits per heavy atom. The van der Waals surface area contributed by atoms with Crippen molar-refractivity contribution in [3.05, 3.63) is 49.4 Å². The normalized spacial score (nSPS) is 23.6. The van der Waals surface area contributed by atoms with Gasteiger partial charge in [-0.3, -0.25) is 10.2 Å². The summed E-state index contributed by atoms with van der Waals surface area (Å²) in [4.78, 5) is 19.6. The molecule has 0 unspecified atom stereocenters. The summed E-state index contributed by atoms with van der Waals surface area (Å²) in [6.45, 7) is 4.91. The zero-order chi connectivity index (χ0) is 17.6. The minimum Gasteiger partial charge on any atom is -0.457 e. The molecule has 0 bridgehead atoms. The molecule has 4 rings (SSSR count). The Balaban J connectivity index is 1.57. The van der Waals surface area contributed by atoms with Gasteiger partial charge in [0.25, 0.3) is 0 Å². The standard InChI is InChI=1S/C17H19BrN4O2S/c1-9-11(2-3-12-13(9)8-24-16(12)23)14-6-22(7-15(19)21-14)5-10-4-20-17(18)25-10/h2-4,14-15,21H,5-8,19H2,1H3/t14-,15+/m0/s1. The van der Waals surface area contributed by atoms with Crippen molar-refractivity contribution in [3.8, 4) is 0 Å². The molecule has 1 aromatic heterocycles. The molecule has 132 valence electrons. The summed E-state index contributed by atoms with van der Waals surface area (Å²) in [5.41, 5.74) is 10.2. The number of piperazine rings is 1. The van der Waals surface area contributed by atoms with Gasteiger partial charge in [-0.15, -0.1) is 11.3 Å². The number of halogens is 1. The molecule has 2 aliphatic rings. The fraction of sp³-hybridized carbons (Fsp3) is 0.412. The molecule has 3 heterocycles. The van der Waals surface area contributed by atoms with E-state index < -0.39 is 0 Å². The van der Waals surface area contributed by atoms with Gasteiger partial charge in [0, 0.05) is 42.3 Å². The van der Waals surface area contributed by atoms with Crippen molar-refractivity contribution in [1.82, 2.24) is 15.2 Å². The maximum atomic E-state index is 11.7. The lowest BCUT2D eigenvalue weighted by atomic mass is 9.93. The van der Waals surface area contributed by atoms with E-state index in [4.69, 9.17) is 10.5 Å². The van der Waals surface area contributed by atoms with Crippen LogP contribution in [0.15, 0.2) is 22.2 Å². The maximum Gasteiger partial charge on any atom is 0.338 e. The summed E-state index contributed by atoms with van der Waals surface area (Å²) in [5, 5.41) is 3.49. The number of ether oxygens (including phenoxy) is 1. The van der Waals surface area contributed by atoms with Crippen LogP contribution in [0.1, 0.15) is 38.0 Å². The number of carbonyl (C=O) groups excluding carboxylic acids is 1. The number of nitrogens with one attached hydrogen (secondary N) is 1. The second-order valence-corrected chi connectivity index (χ2v) is 8.87. The Bertz CT molecular complexity index is 825. The number of nitrogens with zero attached hydrogens (tertiary/aromatic N) is 2. The summed E-state index contributed by atoms with van der Waals surface area (Å²) in [5.74, 6) is -0.227. The molecule has 1 aromatic carbocycles. The number of benzene rings is 1. The molecule has 0 spiro atoms. The van der Waals surface area contributed by atoms with Gasteiger partial charge in [-0.1, -0.05) is 6.07 Å². The van der Waals surface area contributed by atoms with Crippen LogP contribution in [-0.4, -0.2) is 35.1 Å². The molecule has 25 heavy (non-hydrogen) atoms. The average Bonchev–Trinajstić information content (AvgIpc) is 3.14. The smallest absolute Gasteiger partial charge is 0.338 e. The first kappa shape index (κ1) is 17.1. The van der Waals surface area contributed by atoms with Crippen molar-refractivity contribution >= 4 is 33.2 Å². The topological polar surface area (TPSA) is 80.5 Å². The van der Waals surface area contributed by atoms with Gasteiger partial charge in [-0.2, -0.15) is 0 Å². The Labute approximate surface area is 158 Å². The van der Waals surface area contributed by atoms with Crippen LogP contribution in [0, 0.1) is 6.92 Å². The zero-order valence-electron chi connectivity index (χ0n) is 13.8. The highest BCUT2D eigenvalue weighted by atomic mass is 79.9. The van der Waals surface area contributed by atoms with Gasteiger partial charge in [0.15, 0.2) is 3.92 Å². The van der Waals surface area contributed by atoms with Gasteiger partial charge >= 0.3 is 5.97 Å². The number of thiazole rings is 1. The van der Waals surface area contributed by atoms with E-state index in [1.807, 2.05) is 18.3 Å². The number of carbonyl (C=O) groups is 1. The first-order valence-corrected chi connectivity index (χ1v) is 9.76. The number of hydrogen-bond donors (Lipinski definition) is 2. The van der Waals surface area contributed by atoms with E-state index in [1.165, 1.54) is 10.4 Å². The minimum absolute atomic E-state index is 0.0966. The van der Waals surface area contributed by atoms with Gasteiger partial charge in [-0.05, 0) is 40.0 Å². The van der Waals surface area contributed by atoms with Crippen LogP contribution in [-0.2, 0) is 17.9 Å². The van der Waals surface area contributed by atoms with Crippen molar-refractivity contribution < 1.29 is 9.53 Å². The van der Waals surface area contributed by atoms with Crippen molar-refractivity contribution in [1.29, 1.82) is 0 Å². The summed E-state index contributed by atoms with van der Waals surface area (Å²) in [6.07, 6.45) is 1.81. The third-order valence-corrected chi connectivity index (χ3v) is 6.26. The summed E-state index contributed by atoms with van der Waals surface area (Å²) >= 11 is 5.06. The summed E-state index contributed by atoms with van der Waals surface area (Å²) < 4.78 is 6.07. The van der Waals surface area contributed by atoms with Gasteiger partial charge in [-0.25, -0.2) is 9.78 Å². The minimum atomic E-state index is -0.227. The van der Waals surface area contributed by atoms with Crippen LogP contribution in [0.3, 0.4) is 0 Å². The van der Waals surface area contributed by atoms with Crippen molar-refractivity contribution in [2.75, 3.05) is 13.1 Å². The molecule has 8 heteroatoms. The molecule has 0 aliphatic carbocycles. The van der Waals surface area contributed by atoms with E-state index in [0.717, 1.165) is 34.7 Å². The highest BCUT2D eigenvalue weighted by Crippen LogP contribution is 2.31. The SMILES string of the molecule is Cc1c([C@@H]2CN(Cc3cnc(Br)s3)C[C@H](N)N2)ccc2c1COC2=O. The first-order valence-electron chi connectivity index (χ1n) is 8.15. The largest absolute Gasteiger partial charge is 0.457 e. The quantitative estimate of drug-likeness (QED) is 0.738. The Kier molecular flexibility index (Phi) is 4.63. The molecule has 2 aromatic rings. The van der Waals surface area contributed by atoms with Gasteiger partial charge < -0.3 is 10.5 Å². The summed E-state index contributed by atoms with van der Waals surface area (Å²) in [6, 6.07) is 4.03. The van der Waals surface area contributed by atoms with Crippen LogP contribution < -0.4 is 11.1 Å². The third-order valence-electron chi connectivity index (χ3n) is 4.80. The van der Waals surface area contributed by atoms with Crippen LogP contribution in [0.25, 0.3) is 0 Å². The summed E-state index contributed by atoms with van der Waals surface area (Å²) in [7, 11) is 0. The second-order valence-electron chi connectivity index (χ2n) is 6.48. The molecule has 2 atom stereocenters. The van der Waals surface area contributed by atoms with E-state index in [9.17, 15) is 4.79 Å². The Morgan fingerprint density at radius 3 is 3.08 bits per heavy atom. The molecule has 3 N–H and O–H groups in total. The van der Waals surface area contributed by atoms with Crippen LogP contribution >= 0.6 is 27.3 Å². The van der Waals surface area contributed by atoms with E-state index in [-0.39, 0.29) is 18.2 Å². The van der Waals surface area contributed by atoms with Crippen molar-refractivity contribution in [2.45, 2.75) is 32.3 Å². The molecule has 0 saturated carbocycles. The number of fused-ring (bicyclic) bond motifs is 1. The Morgan fingerprint density at radius 2 is 2.32 bits per heavy atom. The molecule has 6 nitrogen and oxygen atoms in total. The van der Waals surface area contributed by atoms with Gasteiger partial charge in [0.05, 0.1) is 11.7 Å². The number of nitrogens with two attached hydrogens (primary N) is 1. The van der Waals surface area contributed by atoms with Gasteiger partial charge in [0.1, 0.15) is 6.61 Å². The van der Waals surface area contributed by atoms with Crippen molar-refractivity contribution in [2.24, 2.45) is 5.73 Å². The van der Waals surface area contributed by atoms with Crippen molar-refractivity contribution in [3.63, 3.8) is 0 Å². The second kappa shape index (κ2) is 6.77. The van der Waals surface area contributed by atoms with E-state index in [1.54, 1.807) is 11.3 Å². The number of hydrogen-bond acceptors (Lipinski definition) is 7. The van der Waals surface area contributed by atoms with Crippen LogP contribution in [0.5, 0.6) is 0 Å². The molecule has 2 aliphatic heterocycles. The lowest BCUT2D eigenvalue weighted by Gasteiger charge is -2.38. The predicted molar refractivity (Wildman–Crippen MR) is 99.2 cm³/mol. The molecule has 0 amide bonds. The molecule has 1 saturated heterocycles. The Hall–Kier alpha value is -1.32. The highest BCUT2D eigenvalue weighted by Gasteiger charge is 2.30. The number of esters is 1. The van der Waals surface area contributed by atoms with E-state index in [0.29, 0.717) is 12.2 Å². The van der Waals surface area contributed by atoms with Crippen LogP contribution in [0.2, 0.25) is 0 Å². The lowest BCUT2D eigenvalue weighted by molar-refractivity contribution is 0.0535. The zero-order valence-corrected chi connectivity index (χ0v) is 16.2. The molecular formula is C17H19BrN4O2S. The molecule has 0 radical (unpaired) electrons. The van der Waals surface area contributed by atoms with Crippen LogP contribution in [0.4, 0.5) is 0 Å². The molecular weight excluding hydrogens is 404 g/mol.